The molecular formula is C11H13BrN2O3. The van der Waals surface area contributed by atoms with Gasteiger partial charge in [-0.3, -0.25) is 10.1 Å². The van der Waals surface area contributed by atoms with E-state index in [4.69, 9.17) is 10.5 Å². The second-order valence-corrected chi connectivity index (χ2v) is 4.97. The number of hydrogen-bond donors (Lipinski definition) is 1. The van der Waals surface area contributed by atoms with Crippen LogP contribution in [-0.4, -0.2) is 17.6 Å². The second kappa shape index (κ2) is 5.12. The number of ether oxygens (including phenoxy) is 1. The molecule has 1 aromatic rings. The highest BCUT2D eigenvalue weighted by molar-refractivity contribution is 9.10. The topological polar surface area (TPSA) is 78.4 Å². The van der Waals surface area contributed by atoms with Gasteiger partial charge in [-0.05, 0) is 25.0 Å². The summed E-state index contributed by atoms with van der Waals surface area (Å²) in [7, 11) is 0. The van der Waals surface area contributed by atoms with E-state index in [1.807, 2.05) is 0 Å². The van der Waals surface area contributed by atoms with E-state index in [-0.39, 0.29) is 17.8 Å². The monoisotopic (exact) mass is 300 g/mol. The SMILES string of the molecule is NC1CCCOC1c1ccc(Br)cc1[N+](=O)[O-]. The van der Waals surface area contributed by atoms with Crippen molar-refractivity contribution >= 4 is 21.6 Å². The Balaban J connectivity index is 2.39. The Hall–Kier alpha value is -0.980. The predicted molar refractivity (Wildman–Crippen MR) is 66.7 cm³/mol. The van der Waals surface area contributed by atoms with Crippen LogP contribution in [-0.2, 0) is 4.74 Å². The fraction of sp³-hybridized carbons (Fsp3) is 0.455. The summed E-state index contributed by atoms with van der Waals surface area (Å²) in [6.45, 7) is 0.603. The van der Waals surface area contributed by atoms with E-state index in [0.29, 0.717) is 16.6 Å². The van der Waals surface area contributed by atoms with Gasteiger partial charge in [0.05, 0.1) is 10.5 Å². The highest BCUT2D eigenvalue weighted by Crippen LogP contribution is 2.34. The van der Waals surface area contributed by atoms with Crippen molar-refractivity contribution in [1.29, 1.82) is 0 Å². The van der Waals surface area contributed by atoms with Crippen molar-refractivity contribution in [3.05, 3.63) is 38.3 Å². The van der Waals surface area contributed by atoms with Gasteiger partial charge in [0.25, 0.3) is 5.69 Å². The van der Waals surface area contributed by atoms with Crippen LogP contribution in [0.15, 0.2) is 22.7 Å². The standard InChI is InChI=1S/C11H13BrN2O3/c12-7-3-4-8(10(6-7)14(15)16)11-9(13)2-1-5-17-11/h3-4,6,9,11H,1-2,5,13H2. The van der Waals surface area contributed by atoms with Crippen molar-refractivity contribution in [3.63, 3.8) is 0 Å². The first-order valence-corrected chi connectivity index (χ1v) is 6.20. The van der Waals surface area contributed by atoms with Gasteiger partial charge in [0.15, 0.2) is 0 Å². The van der Waals surface area contributed by atoms with Crippen LogP contribution in [0.2, 0.25) is 0 Å². The Kier molecular flexibility index (Phi) is 3.76. The summed E-state index contributed by atoms with van der Waals surface area (Å²) in [6.07, 6.45) is 1.36. The Morgan fingerprint density at radius 2 is 2.29 bits per heavy atom. The molecule has 5 nitrogen and oxygen atoms in total. The lowest BCUT2D eigenvalue weighted by Gasteiger charge is -2.28. The first-order valence-electron chi connectivity index (χ1n) is 5.40. The largest absolute Gasteiger partial charge is 0.372 e. The number of nitro benzene ring substituents is 1. The lowest BCUT2D eigenvalue weighted by Crippen LogP contribution is -2.34. The smallest absolute Gasteiger partial charge is 0.276 e. The fourth-order valence-electron chi connectivity index (χ4n) is 2.04. The Bertz CT molecular complexity index is 439. The molecule has 17 heavy (non-hydrogen) atoms. The molecule has 1 fully saturated rings. The number of nitro groups is 1. The molecule has 0 bridgehead atoms. The quantitative estimate of drug-likeness (QED) is 0.672. The molecule has 1 aliphatic heterocycles. The molecule has 2 unspecified atom stereocenters. The first kappa shape index (κ1) is 12.5. The number of hydrogen-bond acceptors (Lipinski definition) is 4. The second-order valence-electron chi connectivity index (χ2n) is 4.06. The summed E-state index contributed by atoms with van der Waals surface area (Å²) in [5.74, 6) is 0. The summed E-state index contributed by atoms with van der Waals surface area (Å²) in [6, 6.07) is 4.79. The lowest BCUT2D eigenvalue weighted by molar-refractivity contribution is -0.386. The molecule has 6 heteroatoms. The van der Waals surface area contributed by atoms with Crippen LogP contribution in [0.25, 0.3) is 0 Å². The average Bonchev–Trinajstić information content (AvgIpc) is 2.30. The van der Waals surface area contributed by atoms with Crippen LogP contribution in [0.3, 0.4) is 0 Å². The summed E-state index contributed by atoms with van der Waals surface area (Å²) in [5.41, 5.74) is 6.58. The molecular weight excluding hydrogens is 288 g/mol. The van der Waals surface area contributed by atoms with Gasteiger partial charge in [-0.2, -0.15) is 0 Å². The maximum Gasteiger partial charge on any atom is 0.276 e. The van der Waals surface area contributed by atoms with Crippen molar-refractivity contribution < 1.29 is 9.66 Å². The summed E-state index contributed by atoms with van der Waals surface area (Å²) >= 11 is 3.23. The molecule has 0 saturated carbocycles. The van der Waals surface area contributed by atoms with Gasteiger partial charge in [-0.1, -0.05) is 15.9 Å². The highest BCUT2D eigenvalue weighted by Gasteiger charge is 2.30. The van der Waals surface area contributed by atoms with E-state index in [9.17, 15) is 10.1 Å². The zero-order valence-electron chi connectivity index (χ0n) is 9.14. The van der Waals surface area contributed by atoms with E-state index in [1.165, 1.54) is 6.07 Å². The molecule has 0 radical (unpaired) electrons. The number of nitrogens with zero attached hydrogens (tertiary/aromatic N) is 1. The maximum atomic E-state index is 11.0. The van der Waals surface area contributed by atoms with Crippen molar-refractivity contribution in [2.45, 2.75) is 25.0 Å². The van der Waals surface area contributed by atoms with Gasteiger partial charge in [-0.15, -0.1) is 0 Å². The van der Waals surface area contributed by atoms with Gasteiger partial charge >= 0.3 is 0 Å². The van der Waals surface area contributed by atoms with E-state index < -0.39 is 4.92 Å². The third-order valence-electron chi connectivity index (χ3n) is 2.86. The molecule has 92 valence electrons. The number of nitrogens with two attached hydrogens (primary N) is 1. The van der Waals surface area contributed by atoms with Crippen molar-refractivity contribution in [2.24, 2.45) is 5.73 Å². The van der Waals surface area contributed by atoms with Crippen LogP contribution in [0.5, 0.6) is 0 Å². The predicted octanol–water partition coefficient (Wildman–Crippen LogP) is 2.54. The van der Waals surface area contributed by atoms with Gasteiger partial charge in [-0.25, -0.2) is 0 Å². The van der Waals surface area contributed by atoms with E-state index in [0.717, 1.165) is 12.8 Å². The summed E-state index contributed by atoms with van der Waals surface area (Å²) < 4.78 is 6.24. The third-order valence-corrected chi connectivity index (χ3v) is 3.36. The molecule has 1 heterocycles. The minimum atomic E-state index is -0.398. The molecule has 2 rings (SSSR count). The van der Waals surface area contributed by atoms with Crippen LogP contribution < -0.4 is 5.73 Å². The van der Waals surface area contributed by atoms with Crippen LogP contribution >= 0.6 is 15.9 Å². The lowest BCUT2D eigenvalue weighted by atomic mass is 9.95. The van der Waals surface area contributed by atoms with Gasteiger partial charge in [0.2, 0.25) is 0 Å². The molecule has 1 aromatic carbocycles. The molecule has 0 amide bonds. The van der Waals surface area contributed by atoms with Crippen LogP contribution in [0.1, 0.15) is 24.5 Å². The highest BCUT2D eigenvalue weighted by atomic mass is 79.9. The molecule has 2 atom stereocenters. The third kappa shape index (κ3) is 2.65. The van der Waals surface area contributed by atoms with Crippen molar-refractivity contribution in [3.8, 4) is 0 Å². The van der Waals surface area contributed by atoms with Gasteiger partial charge < -0.3 is 10.5 Å². The zero-order valence-corrected chi connectivity index (χ0v) is 10.7. The Labute approximate surface area is 107 Å². The Morgan fingerprint density at radius 3 is 2.94 bits per heavy atom. The fourth-order valence-corrected chi connectivity index (χ4v) is 2.39. The maximum absolute atomic E-state index is 11.0. The summed E-state index contributed by atoms with van der Waals surface area (Å²) in [5, 5.41) is 11.0. The number of rotatable bonds is 2. The molecule has 0 spiro atoms. The molecule has 0 aliphatic carbocycles. The zero-order chi connectivity index (χ0) is 12.4. The molecule has 2 N–H and O–H groups in total. The van der Waals surface area contributed by atoms with Crippen LogP contribution in [0.4, 0.5) is 5.69 Å². The number of benzene rings is 1. The van der Waals surface area contributed by atoms with Crippen molar-refractivity contribution in [2.75, 3.05) is 6.61 Å². The van der Waals surface area contributed by atoms with Gasteiger partial charge in [0, 0.05) is 23.2 Å². The van der Waals surface area contributed by atoms with Gasteiger partial charge in [0.1, 0.15) is 6.10 Å². The Morgan fingerprint density at radius 1 is 1.53 bits per heavy atom. The average molecular weight is 301 g/mol. The molecule has 0 aromatic heterocycles. The van der Waals surface area contributed by atoms with E-state index in [2.05, 4.69) is 15.9 Å². The molecule has 1 aliphatic rings. The van der Waals surface area contributed by atoms with E-state index in [1.54, 1.807) is 12.1 Å². The normalized spacial score (nSPS) is 24.6. The first-order chi connectivity index (χ1) is 8.09. The molecule has 1 saturated heterocycles. The van der Waals surface area contributed by atoms with E-state index >= 15 is 0 Å². The number of halogens is 1. The van der Waals surface area contributed by atoms with Crippen molar-refractivity contribution in [1.82, 2.24) is 0 Å². The minimum absolute atomic E-state index is 0.0572. The summed E-state index contributed by atoms with van der Waals surface area (Å²) in [4.78, 5) is 10.6. The van der Waals surface area contributed by atoms with Crippen LogP contribution in [0, 0.1) is 10.1 Å². The minimum Gasteiger partial charge on any atom is -0.372 e.